The number of amides is 1. The maximum absolute atomic E-state index is 11.6. The lowest BCUT2D eigenvalue weighted by Gasteiger charge is -2.18. The lowest BCUT2D eigenvalue weighted by atomic mass is 10.3. The zero-order valence-electron chi connectivity index (χ0n) is 11.8. The number of carbonyl (C=O) groups is 1. The highest BCUT2D eigenvalue weighted by atomic mass is 35.5. The molecule has 7 heteroatoms. The molecule has 20 heavy (non-hydrogen) atoms. The average molecular weight is 320 g/mol. The van der Waals surface area contributed by atoms with E-state index in [1.165, 1.54) is 6.26 Å². The van der Waals surface area contributed by atoms with Crippen LogP contribution in [0.15, 0.2) is 22.8 Å². The SMILES string of the molecule is CCN(CC)CCCNC(=S)NC(=O)c1ccco1.Cl. The molecule has 2 N–H and O–H groups in total. The van der Waals surface area contributed by atoms with Gasteiger partial charge in [-0.2, -0.15) is 0 Å². The van der Waals surface area contributed by atoms with Crippen LogP contribution in [0, 0.1) is 0 Å². The lowest BCUT2D eigenvalue weighted by molar-refractivity contribution is 0.0949. The van der Waals surface area contributed by atoms with Crippen LogP contribution >= 0.6 is 24.6 Å². The molecular formula is C13H22ClN3O2S. The van der Waals surface area contributed by atoms with Crippen LogP contribution in [0.1, 0.15) is 30.8 Å². The van der Waals surface area contributed by atoms with E-state index in [2.05, 4.69) is 29.4 Å². The number of halogens is 1. The molecule has 0 aliphatic carbocycles. The van der Waals surface area contributed by atoms with Gasteiger partial charge in [0, 0.05) is 6.54 Å². The van der Waals surface area contributed by atoms with Crippen molar-refractivity contribution in [1.82, 2.24) is 15.5 Å². The molecule has 1 amide bonds. The largest absolute Gasteiger partial charge is 0.459 e. The molecule has 114 valence electrons. The van der Waals surface area contributed by atoms with Gasteiger partial charge in [0.05, 0.1) is 6.26 Å². The van der Waals surface area contributed by atoms with Gasteiger partial charge in [-0.15, -0.1) is 12.4 Å². The van der Waals surface area contributed by atoms with Gasteiger partial charge in [0.1, 0.15) is 0 Å². The Kier molecular flexibility index (Phi) is 10.1. The minimum absolute atomic E-state index is 0. The number of hydrogen-bond donors (Lipinski definition) is 2. The number of nitrogens with zero attached hydrogens (tertiary/aromatic N) is 1. The third kappa shape index (κ3) is 6.88. The van der Waals surface area contributed by atoms with Crippen LogP contribution in [-0.2, 0) is 0 Å². The van der Waals surface area contributed by atoms with Crippen LogP contribution < -0.4 is 10.6 Å². The standard InChI is InChI=1S/C13H21N3O2S.ClH/c1-3-16(4-2)9-6-8-14-13(19)15-12(17)11-7-5-10-18-11;/h5,7,10H,3-4,6,8-9H2,1-2H3,(H2,14,15,17,19);1H. The van der Waals surface area contributed by atoms with Gasteiger partial charge in [0.25, 0.3) is 5.91 Å². The number of hydrogen-bond acceptors (Lipinski definition) is 4. The summed E-state index contributed by atoms with van der Waals surface area (Å²) in [6.45, 7) is 8.16. The molecule has 0 aromatic carbocycles. The summed E-state index contributed by atoms with van der Waals surface area (Å²) < 4.78 is 4.98. The topological polar surface area (TPSA) is 57.5 Å². The maximum Gasteiger partial charge on any atom is 0.293 e. The summed E-state index contributed by atoms with van der Waals surface area (Å²) in [6.07, 6.45) is 2.44. The summed E-state index contributed by atoms with van der Waals surface area (Å²) in [5.41, 5.74) is 0. The summed E-state index contributed by atoms with van der Waals surface area (Å²) in [7, 11) is 0. The first-order valence-electron chi connectivity index (χ1n) is 6.52. The van der Waals surface area contributed by atoms with Gasteiger partial charge in [-0.1, -0.05) is 13.8 Å². The molecule has 0 aliphatic rings. The fourth-order valence-electron chi connectivity index (χ4n) is 1.66. The molecule has 0 spiro atoms. The monoisotopic (exact) mass is 319 g/mol. The summed E-state index contributed by atoms with van der Waals surface area (Å²) >= 11 is 5.04. The lowest BCUT2D eigenvalue weighted by Crippen LogP contribution is -2.40. The van der Waals surface area contributed by atoms with Crippen molar-refractivity contribution in [2.24, 2.45) is 0 Å². The van der Waals surface area contributed by atoms with E-state index < -0.39 is 0 Å². The summed E-state index contributed by atoms with van der Waals surface area (Å²) in [5.74, 6) is -0.0708. The smallest absolute Gasteiger partial charge is 0.293 e. The second kappa shape index (κ2) is 10.7. The second-order valence-electron chi connectivity index (χ2n) is 4.07. The van der Waals surface area contributed by atoms with E-state index in [1.807, 2.05) is 0 Å². The fraction of sp³-hybridized carbons (Fsp3) is 0.538. The first kappa shape index (κ1) is 18.9. The van der Waals surface area contributed by atoms with E-state index in [0.29, 0.717) is 5.11 Å². The molecule has 0 radical (unpaired) electrons. The van der Waals surface area contributed by atoms with Gasteiger partial charge in [-0.3, -0.25) is 10.1 Å². The van der Waals surface area contributed by atoms with Gasteiger partial charge in [-0.25, -0.2) is 0 Å². The Morgan fingerprint density at radius 3 is 2.65 bits per heavy atom. The van der Waals surface area contributed by atoms with Crippen molar-refractivity contribution in [3.8, 4) is 0 Å². The van der Waals surface area contributed by atoms with E-state index >= 15 is 0 Å². The van der Waals surface area contributed by atoms with Gasteiger partial charge in [-0.05, 0) is 50.4 Å². The zero-order valence-corrected chi connectivity index (χ0v) is 13.5. The number of furan rings is 1. The van der Waals surface area contributed by atoms with E-state index in [4.69, 9.17) is 16.6 Å². The Morgan fingerprint density at radius 1 is 1.40 bits per heavy atom. The third-order valence-electron chi connectivity index (χ3n) is 2.80. The molecule has 0 saturated carbocycles. The fourth-order valence-corrected chi connectivity index (χ4v) is 1.86. The Balaban J connectivity index is 0.00000361. The molecular weight excluding hydrogens is 298 g/mol. The van der Waals surface area contributed by atoms with Crippen molar-refractivity contribution in [3.05, 3.63) is 24.2 Å². The van der Waals surface area contributed by atoms with Crippen LogP contribution in [0.3, 0.4) is 0 Å². The number of carbonyl (C=O) groups excluding carboxylic acids is 1. The summed E-state index contributed by atoms with van der Waals surface area (Å²) in [6, 6.07) is 3.26. The summed E-state index contributed by atoms with van der Waals surface area (Å²) in [4.78, 5) is 13.9. The molecule has 1 rings (SSSR count). The second-order valence-corrected chi connectivity index (χ2v) is 4.48. The first-order chi connectivity index (χ1) is 9.17. The molecule has 0 fully saturated rings. The van der Waals surface area contributed by atoms with Gasteiger partial charge >= 0.3 is 0 Å². The quantitative estimate of drug-likeness (QED) is 0.595. The Hall–Kier alpha value is -1.11. The molecule has 0 atom stereocenters. The predicted molar refractivity (Wildman–Crippen MR) is 86.4 cm³/mol. The minimum atomic E-state index is -0.328. The van der Waals surface area contributed by atoms with Crippen molar-refractivity contribution in [2.75, 3.05) is 26.2 Å². The third-order valence-corrected chi connectivity index (χ3v) is 3.05. The van der Waals surface area contributed by atoms with Crippen molar-refractivity contribution in [2.45, 2.75) is 20.3 Å². The molecule has 0 bridgehead atoms. The van der Waals surface area contributed by atoms with Crippen molar-refractivity contribution >= 4 is 35.6 Å². The van der Waals surface area contributed by atoms with E-state index in [1.54, 1.807) is 12.1 Å². The normalized spacial score (nSPS) is 9.95. The van der Waals surface area contributed by atoms with Crippen LogP contribution in [0.2, 0.25) is 0 Å². The highest BCUT2D eigenvalue weighted by molar-refractivity contribution is 7.80. The molecule has 0 unspecified atom stereocenters. The van der Waals surface area contributed by atoms with E-state index in [9.17, 15) is 4.79 Å². The number of nitrogens with one attached hydrogen (secondary N) is 2. The van der Waals surface area contributed by atoms with Gasteiger partial charge in [0.15, 0.2) is 10.9 Å². The van der Waals surface area contributed by atoms with Crippen LogP contribution in [0.5, 0.6) is 0 Å². The number of rotatable bonds is 7. The molecule has 0 saturated heterocycles. The van der Waals surface area contributed by atoms with Gasteiger partial charge < -0.3 is 14.6 Å². The molecule has 1 aromatic rings. The molecule has 5 nitrogen and oxygen atoms in total. The van der Waals surface area contributed by atoms with Crippen LogP contribution in [0.25, 0.3) is 0 Å². The Morgan fingerprint density at radius 2 is 2.10 bits per heavy atom. The number of thiocarbonyl (C=S) groups is 1. The highest BCUT2D eigenvalue weighted by Crippen LogP contribution is 1.98. The summed E-state index contributed by atoms with van der Waals surface area (Å²) in [5, 5.41) is 5.92. The van der Waals surface area contributed by atoms with Crippen LogP contribution in [-0.4, -0.2) is 42.1 Å². The maximum atomic E-state index is 11.6. The highest BCUT2D eigenvalue weighted by Gasteiger charge is 2.09. The minimum Gasteiger partial charge on any atom is -0.459 e. The van der Waals surface area contributed by atoms with Crippen LogP contribution in [0.4, 0.5) is 0 Å². The Labute approximate surface area is 131 Å². The first-order valence-corrected chi connectivity index (χ1v) is 6.93. The molecule has 1 aromatic heterocycles. The van der Waals surface area contributed by atoms with E-state index in [0.717, 1.165) is 32.6 Å². The molecule has 1 heterocycles. The average Bonchev–Trinajstić information content (AvgIpc) is 2.93. The van der Waals surface area contributed by atoms with Crippen molar-refractivity contribution < 1.29 is 9.21 Å². The predicted octanol–water partition coefficient (Wildman–Crippen LogP) is 2.04. The Bertz CT molecular complexity index is 394. The zero-order chi connectivity index (χ0) is 14.1. The van der Waals surface area contributed by atoms with Crippen molar-refractivity contribution in [3.63, 3.8) is 0 Å². The van der Waals surface area contributed by atoms with Gasteiger partial charge in [0.2, 0.25) is 0 Å². The van der Waals surface area contributed by atoms with E-state index in [-0.39, 0.29) is 24.1 Å². The van der Waals surface area contributed by atoms with Crippen molar-refractivity contribution in [1.29, 1.82) is 0 Å². The molecule has 0 aliphatic heterocycles.